The van der Waals surface area contributed by atoms with Crippen molar-refractivity contribution in [2.45, 2.75) is 69.9 Å². The van der Waals surface area contributed by atoms with Crippen molar-refractivity contribution < 1.29 is 13.2 Å². The number of hydrogen-bond donors (Lipinski definition) is 1. The van der Waals surface area contributed by atoms with Gasteiger partial charge in [-0.25, -0.2) is 13.4 Å². The number of piperidine rings is 1. The molecule has 1 atom stereocenters. The predicted octanol–water partition coefficient (Wildman–Crippen LogP) is 5.01. The first kappa shape index (κ1) is 23.8. The number of carbonyl (C=O) groups is 1. The van der Waals surface area contributed by atoms with E-state index >= 15 is 0 Å². The molecule has 2 aliphatic rings. The van der Waals surface area contributed by atoms with Crippen LogP contribution in [0.25, 0.3) is 11.4 Å². The topological polar surface area (TPSA) is 84.3 Å². The highest BCUT2D eigenvalue weighted by molar-refractivity contribution is 7.89. The van der Waals surface area contributed by atoms with Crippen LogP contribution in [-0.4, -0.2) is 40.8 Å². The second-order valence-corrected chi connectivity index (χ2v) is 11.5. The Labute approximate surface area is 207 Å². The van der Waals surface area contributed by atoms with Gasteiger partial charge in [0.2, 0.25) is 10.0 Å². The highest BCUT2D eigenvalue weighted by Gasteiger charge is 2.31. The first-order valence-electron chi connectivity index (χ1n) is 12.4. The normalized spacial score (nSPS) is 18.7. The van der Waals surface area contributed by atoms with E-state index in [0.29, 0.717) is 17.8 Å². The van der Waals surface area contributed by atoms with Gasteiger partial charge in [-0.05, 0) is 87.9 Å². The Morgan fingerprint density at radius 3 is 2.57 bits per heavy atom. The van der Waals surface area contributed by atoms with Crippen molar-refractivity contribution in [3.05, 3.63) is 65.5 Å². The number of hydrogen-bond acceptors (Lipinski definition) is 4. The van der Waals surface area contributed by atoms with Gasteiger partial charge in [-0.15, -0.1) is 0 Å². The second-order valence-electron chi connectivity index (χ2n) is 9.65. The van der Waals surface area contributed by atoms with Crippen molar-refractivity contribution in [1.29, 1.82) is 0 Å². The summed E-state index contributed by atoms with van der Waals surface area (Å²) in [6.45, 7) is 5.27. The number of nitrogens with one attached hydrogen (secondary N) is 1. The molecule has 2 aliphatic heterocycles. The van der Waals surface area contributed by atoms with Gasteiger partial charge in [-0.1, -0.05) is 12.5 Å². The molecule has 1 fully saturated rings. The van der Waals surface area contributed by atoms with Crippen LogP contribution >= 0.6 is 0 Å². The molecule has 1 unspecified atom stereocenters. The summed E-state index contributed by atoms with van der Waals surface area (Å²) in [5.41, 5.74) is 4.03. The molecule has 3 aromatic rings. The largest absolute Gasteiger partial charge is 0.328 e. The fraction of sp³-hybridized carbons (Fsp3) is 0.407. The molecule has 1 aromatic heterocycles. The minimum Gasteiger partial charge on any atom is -0.328 e. The molecule has 1 amide bonds. The summed E-state index contributed by atoms with van der Waals surface area (Å²) in [5.74, 6) is 0.635. The zero-order valence-corrected chi connectivity index (χ0v) is 21.1. The number of nitrogens with zero attached hydrogens (tertiary/aromatic N) is 3. The number of anilines is 1. The minimum absolute atomic E-state index is 0.0356. The third kappa shape index (κ3) is 4.65. The van der Waals surface area contributed by atoms with Gasteiger partial charge in [0.1, 0.15) is 5.82 Å². The first-order chi connectivity index (χ1) is 16.8. The summed E-state index contributed by atoms with van der Waals surface area (Å²) in [6, 6.07) is 12.4. The molecule has 1 saturated heterocycles. The molecular weight excluding hydrogens is 460 g/mol. The molecule has 7 nitrogen and oxygen atoms in total. The standard InChI is InChI=1S/C27H32N4O3S/c1-19-9-14-24(35(33,34)31-16-6-3-7-20(31)2)17-25(19)27(32)29-22-12-10-21(11-13-22)26-28-18-23-8-4-5-15-30(23)26/h9-14,17-18,20H,3-8,15-16H2,1-2H3,(H,29,32). The molecule has 0 radical (unpaired) electrons. The molecule has 5 rings (SSSR count). The lowest BCUT2D eigenvalue weighted by Gasteiger charge is -2.32. The van der Waals surface area contributed by atoms with Crippen LogP contribution in [-0.2, 0) is 23.0 Å². The van der Waals surface area contributed by atoms with Crippen molar-refractivity contribution in [3.63, 3.8) is 0 Å². The number of aryl methyl sites for hydroxylation is 2. The van der Waals surface area contributed by atoms with E-state index in [1.165, 1.54) is 18.2 Å². The van der Waals surface area contributed by atoms with Gasteiger partial charge < -0.3 is 9.88 Å². The summed E-state index contributed by atoms with van der Waals surface area (Å²) in [4.78, 5) is 17.9. The quantitative estimate of drug-likeness (QED) is 0.543. The Morgan fingerprint density at radius 2 is 1.80 bits per heavy atom. The number of fused-ring (bicyclic) bond motifs is 1. The lowest BCUT2D eigenvalue weighted by Crippen LogP contribution is -2.42. The highest BCUT2D eigenvalue weighted by Crippen LogP contribution is 2.28. The summed E-state index contributed by atoms with van der Waals surface area (Å²) in [7, 11) is -3.65. The third-order valence-corrected chi connectivity index (χ3v) is 9.22. The molecule has 0 spiro atoms. The van der Waals surface area contributed by atoms with Crippen LogP contribution in [0, 0.1) is 6.92 Å². The van der Waals surface area contributed by atoms with Gasteiger partial charge in [0.15, 0.2) is 0 Å². The molecule has 184 valence electrons. The molecule has 0 bridgehead atoms. The Kier molecular flexibility index (Phi) is 6.51. The lowest BCUT2D eigenvalue weighted by atomic mass is 10.1. The van der Waals surface area contributed by atoms with Crippen molar-refractivity contribution >= 4 is 21.6 Å². The average Bonchev–Trinajstić information content (AvgIpc) is 3.29. The van der Waals surface area contributed by atoms with Crippen molar-refractivity contribution in [3.8, 4) is 11.4 Å². The Morgan fingerprint density at radius 1 is 1.03 bits per heavy atom. The Hall–Kier alpha value is -2.97. The van der Waals surface area contributed by atoms with E-state index in [2.05, 4.69) is 14.9 Å². The van der Waals surface area contributed by atoms with Crippen LogP contribution < -0.4 is 5.32 Å². The molecule has 8 heteroatoms. The van der Waals surface area contributed by atoms with E-state index in [1.807, 2.05) is 44.3 Å². The second kappa shape index (κ2) is 9.59. The van der Waals surface area contributed by atoms with Crippen LogP contribution in [0.4, 0.5) is 5.69 Å². The summed E-state index contributed by atoms with van der Waals surface area (Å²) in [6.07, 6.45) is 8.14. The van der Waals surface area contributed by atoms with E-state index in [4.69, 9.17) is 0 Å². The smallest absolute Gasteiger partial charge is 0.255 e. The number of benzene rings is 2. The zero-order valence-electron chi connectivity index (χ0n) is 20.3. The summed E-state index contributed by atoms with van der Waals surface area (Å²) < 4.78 is 30.4. The van der Waals surface area contributed by atoms with Crippen molar-refractivity contribution in [2.24, 2.45) is 0 Å². The summed E-state index contributed by atoms with van der Waals surface area (Å²) in [5, 5.41) is 2.93. The van der Waals surface area contributed by atoms with Gasteiger partial charge in [0, 0.05) is 47.8 Å². The Bertz CT molecular complexity index is 1350. The monoisotopic (exact) mass is 492 g/mol. The van der Waals surface area contributed by atoms with Crippen molar-refractivity contribution in [1.82, 2.24) is 13.9 Å². The van der Waals surface area contributed by atoms with Crippen LogP contribution in [0.2, 0.25) is 0 Å². The highest BCUT2D eigenvalue weighted by atomic mass is 32.2. The van der Waals surface area contributed by atoms with Crippen LogP contribution in [0.15, 0.2) is 53.6 Å². The molecule has 35 heavy (non-hydrogen) atoms. The number of aromatic nitrogens is 2. The maximum absolute atomic E-state index is 13.3. The van der Waals surface area contributed by atoms with E-state index < -0.39 is 10.0 Å². The maximum atomic E-state index is 13.3. The first-order valence-corrected chi connectivity index (χ1v) is 13.9. The molecular formula is C27H32N4O3S. The summed E-state index contributed by atoms with van der Waals surface area (Å²) >= 11 is 0. The number of sulfonamides is 1. The number of amides is 1. The molecule has 1 N–H and O–H groups in total. The zero-order chi connectivity index (χ0) is 24.6. The van der Waals surface area contributed by atoms with Gasteiger partial charge in [0.25, 0.3) is 5.91 Å². The third-order valence-electron chi connectivity index (χ3n) is 7.21. The number of carbonyl (C=O) groups excluding carboxylic acids is 1. The van der Waals surface area contributed by atoms with Crippen LogP contribution in [0.5, 0.6) is 0 Å². The fourth-order valence-electron chi connectivity index (χ4n) is 5.14. The number of rotatable bonds is 5. The lowest BCUT2D eigenvalue weighted by molar-refractivity contribution is 0.102. The molecule has 0 saturated carbocycles. The van der Waals surface area contributed by atoms with Gasteiger partial charge in [0.05, 0.1) is 4.90 Å². The molecule has 2 aromatic carbocycles. The Balaban J connectivity index is 1.35. The van der Waals surface area contributed by atoms with E-state index in [1.54, 1.807) is 16.4 Å². The average molecular weight is 493 g/mol. The van der Waals surface area contributed by atoms with E-state index in [0.717, 1.165) is 55.6 Å². The van der Waals surface area contributed by atoms with Crippen LogP contribution in [0.1, 0.15) is 60.6 Å². The maximum Gasteiger partial charge on any atom is 0.255 e. The number of imidazole rings is 1. The predicted molar refractivity (Wildman–Crippen MR) is 137 cm³/mol. The van der Waals surface area contributed by atoms with E-state index in [9.17, 15) is 13.2 Å². The fourth-order valence-corrected chi connectivity index (χ4v) is 6.86. The molecule has 0 aliphatic carbocycles. The van der Waals surface area contributed by atoms with Crippen molar-refractivity contribution in [2.75, 3.05) is 11.9 Å². The van der Waals surface area contributed by atoms with Gasteiger partial charge in [-0.2, -0.15) is 4.31 Å². The van der Waals surface area contributed by atoms with E-state index in [-0.39, 0.29) is 16.8 Å². The van der Waals surface area contributed by atoms with Gasteiger partial charge >= 0.3 is 0 Å². The minimum atomic E-state index is -3.65. The SMILES string of the molecule is Cc1ccc(S(=O)(=O)N2CCCCC2C)cc1C(=O)Nc1ccc(-c2ncc3n2CCCC3)cc1. The van der Waals surface area contributed by atoms with Crippen LogP contribution in [0.3, 0.4) is 0 Å². The van der Waals surface area contributed by atoms with Gasteiger partial charge in [-0.3, -0.25) is 4.79 Å². The molecule has 3 heterocycles.